The van der Waals surface area contributed by atoms with Gasteiger partial charge >= 0.3 is 19.8 Å². The Morgan fingerprint density at radius 2 is 0.695 bits per heavy atom. The third-order valence-corrected chi connectivity index (χ3v) is 16.2. The molecule has 0 aromatic carbocycles. The molecule has 0 aromatic rings. The van der Waals surface area contributed by atoms with Gasteiger partial charge in [0.05, 0.1) is 27.7 Å². The number of nitrogens with zero attached hydrogens (tertiary/aromatic N) is 1. The van der Waals surface area contributed by atoms with Crippen molar-refractivity contribution in [3.8, 4) is 0 Å². The molecule has 9 nitrogen and oxygen atoms in total. The summed E-state index contributed by atoms with van der Waals surface area (Å²) >= 11 is 0. The molecule has 0 aliphatic heterocycles. The fourth-order valence-electron chi connectivity index (χ4n) is 9.96. The van der Waals surface area contributed by atoms with Crippen LogP contribution in [0.15, 0.2) is 72.9 Å². The van der Waals surface area contributed by atoms with Gasteiger partial charge in [-0.25, -0.2) is 4.57 Å². The van der Waals surface area contributed by atoms with Crippen LogP contribution in [0.1, 0.15) is 322 Å². The molecule has 0 rings (SSSR count). The number of phosphoric ester groups is 1. The molecule has 1 N–H and O–H groups in total. The average Bonchev–Trinajstić information content (AvgIpc) is 3.46. The largest absolute Gasteiger partial charge is 0.472 e. The molecule has 0 aromatic heterocycles. The molecule has 0 radical (unpaired) electrons. The molecular formula is C72H133NO8P+. The maximum atomic E-state index is 12.8. The van der Waals surface area contributed by atoms with Crippen LogP contribution in [0, 0.1) is 0 Å². The molecule has 0 amide bonds. The highest BCUT2D eigenvalue weighted by Gasteiger charge is 2.27. The van der Waals surface area contributed by atoms with E-state index in [1.807, 2.05) is 21.1 Å². The van der Waals surface area contributed by atoms with Crippen molar-refractivity contribution in [2.24, 2.45) is 0 Å². The Bertz CT molecular complexity index is 1610. The molecule has 2 unspecified atom stereocenters. The Hall–Kier alpha value is -2.55. The van der Waals surface area contributed by atoms with Gasteiger partial charge in [0.2, 0.25) is 0 Å². The van der Waals surface area contributed by atoms with Gasteiger partial charge in [0.25, 0.3) is 0 Å². The molecular weight excluding hydrogens is 1040 g/mol. The number of unbranched alkanes of at least 4 members (excludes halogenated alkanes) is 38. The first kappa shape index (κ1) is 79.5. The molecule has 0 saturated heterocycles. The maximum Gasteiger partial charge on any atom is 0.472 e. The summed E-state index contributed by atoms with van der Waals surface area (Å²) in [6.45, 7) is 4.31. The van der Waals surface area contributed by atoms with Crippen LogP contribution in [-0.2, 0) is 32.7 Å². The van der Waals surface area contributed by atoms with E-state index in [0.29, 0.717) is 17.4 Å². The van der Waals surface area contributed by atoms with Crippen LogP contribution in [-0.4, -0.2) is 74.9 Å². The maximum absolute atomic E-state index is 12.8. The van der Waals surface area contributed by atoms with Gasteiger partial charge in [-0.3, -0.25) is 18.6 Å². The average molecular weight is 1170 g/mol. The van der Waals surface area contributed by atoms with E-state index in [0.717, 1.165) is 70.6 Å². The number of ether oxygens (including phenoxy) is 2. The van der Waals surface area contributed by atoms with Gasteiger partial charge in [-0.15, -0.1) is 0 Å². The number of esters is 2. The summed E-state index contributed by atoms with van der Waals surface area (Å²) in [5, 5.41) is 0. The second-order valence-corrected chi connectivity index (χ2v) is 26.0. The molecule has 0 spiro atoms. The summed E-state index contributed by atoms with van der Waals surface area (Å²) in [6, 6.07) is 0. The first-order valence-corrected chi connectivity index (χ1v) is 36.2. The van der Waals surface area contributed by atoms with Gasteiger partial charge in [-0.2, -0.15) is 0 Å². The Morgan fingerprint density at radius 1 is 0.390 bits per heavy atom. The van der Waals surface area contributed by atoms with Crippen LogP contribution in [0.3, 0.4) is 0 Å². The number of quaternary nitrogens is 1. The highest BCUT2D eigenvalue weighted by Crippen LogP contribution is 2.43. The molecule has 0 aliphatic carbocycles. The number of carbonyl (C=O) groups excluding carboxylic acids is 2. The van der Waals surface area contributed by atoms with E-state index in [2.05, 4.69) is 86.8 Å². The van der Waals surface area contributed by atoms with Crippen LogP contribution in [0.4, 0.5) is 0 Å². The summed E-state index contributed by atoms with van der Waals surface area (Å²) < 4.78 is 34.6. The fraction of sp³-hybridized carbons (Fsp3) is 0.806. The summed E-state index contributed by atoms with van der Waals surface area (Å²) in [5.74, 6) is -0.840. The topological polar surface area (TPSA) is 108 Å². The SMILES string of the molecule is CC/C=C\C/C=C\C/C=C\C/C=C\C/C=C\C/C=C\CCCCC(=O)OC(COC(=O)CCCCCCCCCCCCCCCCCCCCCCCCCCCCCCCCCCCCCCC)COP(=O)(O)OCC[N+](C)(C)C. The van der Waals surface area contributed by atoms with Gasteiger partial charge < -0.3 is 18.9 Å². The molecule has 0 fully saturated rings. The minimum atomic E-state index is -4.40. The molecule has 0 heterocycles. The van der Waals surface area contributed by atoms with E-state index in [-0.39, 0.29) is 32.0 Å². The zero-order valence-corrected chi connectivity index (χ0v) is 55.4. The first-order valence-electron chi connectivity index (χ1n) is 34.7. The summed E-state index contributed by atoms with van der Waals surface area (Å²) in [6.07, 6.45) is 84.7. The molecule has 478 valence electrons. The third-order valence-electron chi connectivity index (χ3n) is 15.3. The van der Waals surface area contributed by atoms with Crippen molar-refractivity contribution in [1.29, 1.82) is 0 Å². The Labute approximate surface area is 508 Å². The van der Waals surface area contributed by atoms with Crippen molar-refractivity contribution in [2.75, 3.05) is 47.5 Å². The number of allylic oxidation sites excluding steroid dienone is 12. The monoisotopic (exact) mass is 1170 g/mol. The highest BCUT2D eigenvalue weighted by atomic mass is 31.2. The van der Waals surface area contributed by atoms with Gasteiger partial charge in [0.15, 0.2) is 6.10 Å². The highest BCUT2D eigenvalue weighted by molar-refractivity contribution is 7.47. The number of rotatable bonds is 64. The second-order valence-electron chi connectivity index (χ2n) is 24.5. The van der Waals surface area contributed by atoms with Crippen molar-refractivity contribution in [3.05, 3.63) is 72.9 Å². The van der Waals surface area contributed by atoms with Gasteiger partial charge in [-0.05, 0) is 64.2 Å². The van der Waals surface area contributed by atoms with Crippen LogP contribution in [0.5, 0.6) is 0 Å². The quantitative estimate of drug-likeness (QED) is 0.0211. The number of hydrogen-bond acceptors (Lipinski definition) is 7. The molecule has 0 aliphatic rings. The zero-order chi connectivity index (χ0) is 59.8. The van der Waals surface area contributed by atoms with Crippen LogP contribution < -0.4 is 0 Å². The van der Waals surface area contributed by atoms with E-state index in [4.69, 9.17) is 18.5 Å². The number of hydrogen-bond donors (Lipinski definition) is 1. The van der Waals surface area contributed by atoms with E-state index >= 15 is 0 Å². The Balaban J connectivity index is 3.98. The number of phosphoric acid groups is 1. The zero-order valence-electron chi connectivity index (χ0n) is 54.5. The van der Waals surface area contributed by atoms with E-state index in [1.54, 1.807) is 0 Å². The number of carbonyl (C=O) groups is 2. The van der Waals surface area contributed by atoms with E-state index in [9.17, 15) is 19.0 Å². The van der Waals surface area contributed by atoms with Crippen molar-refractivity contribution >= 4 is 19.8 Å². The minimum absolute atomic E-state index is 0.0211. The van der Waals surface area contributed by atoms with Gasteiger partial charge in [0.1, 0.15) is 19.8 Å². The van der Waals surface area contributed by atoms with Crippen LogP contribution >= 0.6 is 7.82 Å². The van der Waals surface area contributed by atoms with Crippen molar-refractivity contribution in [3.63, 3.8) is 0 Å². The number of likely N-dealkylation sites (N-methyl/N-ethyl adjacent to an activating group) is 1. The van der Waals surface area contributed by atoms with Gasteiger partial charge in [-0.1, -0.05) is 318 Å². The fourth-order valence-corrected chi connectivity index (χ4v) is 10.7. The Morgan fingerprint density at radius 3 is 1.04 bits per heavy atom. The van der Waals surface area contributed by atoms with Crippen molar-refractivity contribution in [2.45, 2.75) is 328 Å². The summed E-state index contributed by atoms with van der Waals surface area (Å²) in [4.78, 5) is 35.8. The first-order chi connectivity index (χ1) is 40.0. The molecule has 0 bridgehead atoms. The third kappa shape index (κ3) is 66.6. The van der Waals surface area contributed by atoms with Gasteiger partial charge in [0, 0.05) is 12.8 Å². The predicted octanol–water partition coefficient (Wildman–Crippen LogP) is 22.4. The Kier molecular flexibility index (Phi) is 61.0. The van der Waals surface area contributed by atoms with E-state index in [1.165, 1.54) is 218 Å². The lowest BCUT2D eigenvalue weighted by molar-refractivity contribution is -0.870. The van der Waals surface area contributed by atoms with Crippen molar-refractivity contribution < 1.29 is 42.1 Å². The smallest absolute Gasteiger partial charge is 0.462 e. The minimum Gasteiger partial charge on any atom is -0.462 e. The lowest BCUT2D eigenvalue weighted by Gasteiger charge is -2.24. The lowest BCUT2D eigenvalue weighted by atomic mass is 10.0. The lowest BCUT2D eigenvalue weighted by Crippen LogP contribution is -2.37. The van der Waals surface area contributed by atoms with Crippen molar-refractivity contribution in [1.82, 2.24) is 0 Å². The normalized spacial score (nSPS) is 13.6. The molecule has 10 heteroatoms. The molecule has 0 saturated carbocycles. The molecule has 82 heavy (non-hydrogen) atoms. The van der Waals surface area contributed by atoms with Crippen LogP contribution in [0.25, 0.3) is 0 Å². The standard InChI is InChI=1S/C72H132NO8P/c1-6-8-10-12-14-16-18-20-22-24-26-28-29-30-31-32-33-34-35-36-37-38-39-40-41-42-43-45-46-48-50-52-54-56-58-60-62-64-71(74)78-68-70(69-80-82(76,77)79-67-66-73(3,4)5)81-72(75)65-63-61-59-57-55-53-51-49-47-44-27-25-23-21-19-17-15-13-11-9-7-2/h9,11,15,17,21,23,27,44,49,51,55,57,70H,6-8,10,12-14,16,18-20,22,24-26,28-43,45-48,50,52-54,56,58-69H2,1-5H3/p+1/b11-9-,17-15-,23-21-,44-27-,51-49-,57-55-. The predicted molar refractivity (Wildman–Crippen MR) is 353 cm³/mol. The molecule has 2 atom stereocenters. The van der Waals surface area contributed by atoms with Crippen LogP contribution in [0.2, 0.25) is 0 Å². The summed E-state index contributed by atoms with van der Waals surface area (Å²) in [7, 11) is 1.45. The summed E-state index contributed by atoms with van der Waals surface area (Å²) in [5.41, 5.74) is 0. The van der Waals surface area contributed by atoms with E-state index < -0.39 is 26.5 Å². The second kappa shape index (κ2) is 63.0.